The van der Waals surface area contributed by atoms with Crippen molar-refractivity contribution in [1.29, 1.82) is 0 Å². The minimum atomic E-state index is -0.181. The van der Waals surface area contributed by atoms with E-state index in [1.54, 1.807) is 18.1 Å². The van der Waals surface area contributed by atoms with Crippen molar-refractivity contribution in [2.75, 3.05) is 27.3 Å². The van der Waals surface area contributed by atoms with Gasteiger partial charge in [-0.05, 0) is 37.5 Å². The Kier molecular flexibility index (Phi) is 4.83. The first-order valence-electron chi connectivity index (χ1n) is 7.08. The van der Waals surface area contributed by atoms with Gasteiger partial charge in [-0.3, -0.25) is 9.59 Å². The zero-order valence-corrected chi connectivity index (χ0v) is 12.7. The second-order valence-corrected chi connectivity index (χ2v) is 5.27. The highest BCUT2D eigenvalue weighted by atomic mass is 16.5. The number of hydrogen-bond acceptors (Lipinski definition) is 4. The molecule has 1 aromatic carbocycles. The average molecular weight is 291 g/mol. The standard InChI is InChI=1S/C16H21NO4/c1-11-4-5-13(10-14(11)20-2)15(18)17-8-6-12(7-9-17)16(19)21-3/h4-5,10,12H,6-9H2,1-3H3. The second kappa shape index (κ2) is 6.61. The fourth-order valence-corrected chi connectivity index (χ4v) is 2.62. The van der Waals surface area contributed by atoms with Crippen LogP contribution in [0, 0.1) is 12.8 Å². The molecule has 0 saturated carbocycles. The lowest BCUT2D eigenvalue weighted by atomic mass is 9.96. The SMILES string of the molecule is COC(=O)C1CCN(C(=O)c2ccc(C)c(OC)c2)CC1. The highest BCUT2D eigenvalue weighted by molar-refractivity contribution is 5.95. The zero-order chi connectivity index (χ0) is 15.4. The summed E-state index contributed by atoms with van der Waals surface area (Å²) in [6.07, 6.45) is 1.31. The molecule has 1 aliphatic heterocycles. The Bertz CT molecular complexity index is 533. The molecule has 5 heteroatoms. The van der Waals surface area contributed by atoms with Crippen molar-refractivity contribution in [3.05, 3.63) is 29.3 Å². The molecule has 114 valence electrons. The summed E-state index contributed by atoms with van der Waals surface area (Å²) in [6, 6.07) is 5.46. The van der Waals surface area contributed by atoms with Crippen molar-refractivity contribution >= 4 is 11.9 Å². The van der Waals surface area contributed by atoms with E-state index in [1.165, 1.54) is 7.11 Å². The predicted molar refractivity (Wildman–Crippen MR) is 78.4 cm³/mol. The van der Waals surface area contributed by atoms with E-state index >= 15 is 0 Å². The maximum atomic E-state index is 12.5. The second-order valence-electron chi connectivity index (χ2n) is 5.27. The monoisotopic (exact) mass is 291 g/mol. The number of benzene rings is 1. The highest BCUT2D eigenvalue weighted by Crippen LogP contribution is 2.23. The molecule has 0 radical (unpaired) electrons. The number of methoxy groups -OCH3 is 2. The summed E-state index contributed by atoms with van der Waals surface area (Å²) >= 11 is 0. The molecule has 2 rings (SSSR count). The maximum absolute atomic E-state index is 12.5. The van der Waals surface area contributed by atoms with E-state index in [-0.39, 0.29) is 17.8 Å². The molecule has 1 amide bonds. The van der Waals surface area contributed by atoms with Crippen LogP contribution in [0.15, 0.2) is 18.2 Å². The Labute approximate surface area is 124 Å². The van der Waals surface area contributed by atoms with Crippen LogP contribution in [-0.2, 0) is 9.53 Å². The van der Waals surface area contributed by atoms with Crippen LogP contribution in [0.3, 0.4) is 0 Å². The quantitative estimate of drug-likeness (QED) is 0.800. The molecule has 0 spiro atoms. The summed E-state index contributed by atoms with van der Waals surface area (Å²) < 4.78 is 10.0. The van der Waals surface area contributed by atoms with Crippen molar-refractivity contribution < 1.29 is 19.1 Å². The van der Waals surface area contributed by atoms with Gasteiger partial charge < -0.3 is 14.4 Å². The smallest absolute Gasteiger partial charge is 0.308 e. The summed E-state index contributed by atoms with van der Waals surface area (Å²) in [6.45, 7) is 3.10. The van der Waals surface area contributed by atoms with Crippen LogP contribution in [-0.4, -0.2) is 44.1 Å². The first-order valence-corrected chi connectivity index (χ1v) is 7.08. The van der Waals surface area contributed by atoms with Crippen LogP contribution < -0.4 is 4.74 Å². The van der Waals surface area contributed by atoms with E-state index in [0.717, 1.165) is 5.56 Å². The van der Waals surface area contributed by atoms with Gasteiger partial charge in [0, 0.05) is 18.7 Å². The van der Waals surface area contributed by atoms with Crippen molar-refractivity contribution in [1.82, 2.24) is 4.90 Å². The number of amides is 1. The van der Waals surface area contributed by atoms with Gasteiger partial charge in [0.15, 0.2) is 0 Å². The van der Waals surface area contributed by atoms with Crippen LogP contribution >= 0.6 is 0 Å². The Morgan fingerprint density at radius 3 is 2.43 bits per heavy atom. The number of likely N-dealkylation sites (tertiary alicyclic amines) is 1. The van der Waals surface area contributed by atoms with Crippen LogP contribution in [0.4, 0.5) is 0 Å². The number of nitrogens with zero attached hydrogens (tertiary/aromatic N) is 1. The number of piperidine rings is 1. The van der Waals surface area contributed by atoms with Gasteiger partial charge in [0.2, 0.25) is 0 Å². The third kappa shape index (κ3) is 3.35. The lowest BCUT2D eigenvalue weighted by Crippen LogP contribution is -2.40. The molecule has 5 nitrogen and oxygen atoms in total. The fraction of sp³-hybridized carbons (Fsp3) is 0.500. The third-order valence-electron chi connectivity index (χ3n) is 3.97. The Morgan fingerprint density at radius 2 is 1.86 bits per heavy atom. The molecule has 0 aromatic heterocycles. The van der Waals surface area contributed by atoms with E-state index in [9.17, 15) is 9.59 Å². The van der Waals surface area contributed by atoms with Crippen molar-refractivity contribution in [2.24, 2.45) is 5.92 Å². The Morgan fingerprint density at radius 1 is 1.19 bits per heavy atom. The van der Waals surface area contributed by atoms with Gasteiger partial charge in [0.1, 0.15) is 5.75 Å². The molecule has 0 N–H and O–H groups in total. The predicted octanol–water partition coefficient (Wildman–Crippen LogP) is 2.03. The van der Waals surface area contributed by atoms with Crippen LogP contribution in [0.25, 0.3) is 0 Å². The topological polar surface area (TPSA) is 55.8 Å². The Balaban J connectivity index is 2.03. The van der Waals surface area contributed by atoms with E-state index < -0.39 is 0 Å². The first kappa shape index (κ1) is 15.4. The molecule has 1 saturated heterocycles. The molecule has 1 heterocycles. The van der Waals surface area contributed by atoms with Gasteiger partial charge in [0.05, 0.1) is 20.1 Å². The third-order valence-corrected chi connectivity index (χ3v) is 3.97. The van der Waals surface area contributed by atoms with Crippen molar-refractivity contribution in [2.45, 2.75) is 19.8 Å². The summed E-state index contributed by atoms with van der Waals surface area (Å²) in [4.78, 5) is 25.8. The number of carbonyl (C=O) groups is 2. The van der Waals surface area contributed by atoms with E-state index in [0.29, 0.717) is 37.2 Å². The number of aryl methyl sites for hydroxylation is 1. The number of rotatable bonds is 3. The summed E-state index contributed by atoms with van der Waals surface area (Å²) in [7, 11) is 3.00. The molecule has 1 aromatic rings. The zero-order valence-electron chi connectivity index (χ0n) is 12.7. The molecule has 21 heavy (non-hydrogen) atoms. The molecular weight excluding hydrogens is 270 g/mol. The molecule has 0 aliphatic carbocycles. The fourth-order valence-electron chi connectivity index (χ4n) is 2.62. The van der Waals surface area contributed by atoms with Gasteiger partial charge in [-0.2, -0.15) is 0 Å². The summed E-state index contributed by atoms with van der Waals surface area (Å²) in [5.74, 6) is 0.424. The van der Waals surface area contributed by atoms with Crippen molar-refractivity contribution in [3.8, 4) is 5.75 Å². The van der Waals surface area contributed by atoms with Gasteiger partial charge in [-0.25, -0.2) is 0 Å². The van der Waals surface area contributed by atoms with Gasteiger partial charge in [0.25, 0.3) is 5.91 Å². The van der Waals surface area contributed by atoms with E-state index in [4.69, 9.17) is 9.47 Å². The molecule has 0 bridgehead atoms. The molecular formula is C16H21NO4. The Hall–Kier alpha value is -2.04. The number of ether oxygens (including phenoxy) is 2. The summed E-state index contributed by atoms with van der Waals surface area (Å²) in [5.41, 5.74) is 1.62. The highest BCUT2D eigenvalue weighted by Gasteiger charge is 2.28. The molecule has 1 aliphatic rings. The van der Waals surface area contributed by atoms with Gasteiger partial charge >= 0.3 is 5.97 Å². The lowest BCUT2D eigenvalue weighted by molar-refractivity contribution is -0.146. The largest absolute Gasteiger partial charge is 0.496 e. The van der Waals surface area contributed by atoms with Crippen LogP contribution in [0.2, 0.25) is 0 Å². The van der Waals surface area contributed by atoms with Gasteiger partial charge in [-0.15, -0.1) is 0 Å². The van der Waals surface area contributed by atoms with Gasteiger partial charge in [-0.1, -0.05) is 6.07 Å². The molecule has 1 fully saturated rings. The summed E-state index contributed by atoms with van der Waals surface area (Å²) in [5, 5.41) is 0. The lowest BCUT2D eigenvalue weighted by Gasteiger charge is -2.30. The normalized spacial score (nSPS) is 15.7. The molecule has 0 unspecified atom stereocenters. The minimum absolute atomic E-state index is 0.0170. The first-order chi connectivity index (χ1) is 10.1. The molecule has 0 atom stereocenters. The van der Waals surface area contributed by atoms with Crippen LogP contribution in [0.5, 0.6) is 5.75 Å². The average Bonchev–Trinajstić information content (AvgIpc) is 2.54. The van der Waals surface area contributed by atoms with E-state index in [1.807, 2.05) is 19.1 Å². The van der Waals surface area contributed by atoms with E-state index in [2.05, 4.69) is 0 Å². The van der Waals surface area contributed by atoms with Crippen LogP contribution in [0.1, 0.15) is 28.8 Å². The maximum Gasteiger partial charge on any atom is 0.308 e. The minimum Gasteiger partial charge on any atom is -0.496 e. The number of carbonyl (C=O) groups excluding carboxylic acids is 2. The number of hydrogen-bond donors (Lipinski definition) is 0. The van der Waals surface area contributed by atoms with Crippen molar-refractivity contribution in [3.63, 3.8) is 0 Å². The number of esters is 1.